The van der Waals surface area contributed by atoms with Gasteiger partial charge in [0.15, 0.2) is 0 Å². The van der Waals surface area contributed by atoms with E-state index in [1.54, 1.807) is 0 Å². The average Bonchev–Trinajstić information content (AvgIpc) is 2.58. The standard InChI is InChI=1S/C9H12F3N3O5S/c10-9(11,12)21(18,19)20-15-5-6-1-3-14(8(16)17)4-2-7(6)13-15/h6H,1-5H2,(H,16,17)/p-1. The summed E-state index contributed by atoms with van der Waals surface area (Å²) in [6, 6.07) is 0. The Kier molecular flexibility index (Phi) is 4.02. The van der Waals surface area contributed by atoms with Crippen LogP contribution in [0.4, 0.5) is 18.0 Å². The third-order valence-electron chi connectivity index (χ3n) is 3.20. The van der Waals surface area contributed by atoms with Crippen molar-refractivity contribution in [2.75, 3.05) is 19.6 Å². The number of alkyl halides is 3. The summed E-state index contributed by atoms with van der Waals surface area (Å²) < 4.78 is 62.2. The molecule has 2 rings (SSSR count). The summed E-state index contributed by atoms with van der Waals surface area (Å²) in [7, 11) is -5.75. The van der Waals surface area contributed by atoms with Gasteiger partial charge in [-0.3, -0.25) is 0 Å². The number of fused-ring (bicyclic) bond motifs is 1. The Morgan fingerprint density at radius 2 is 2.05 bits per heavy atom. The van der Waals surface area contributed by atoms with Crippen LogP contribution in [-0.4, -0.2) is 55.4 Å². The van der Waals surface area contributed by atoms with Crippen molar-refractivity contribution in [3.8, 4) is 0 Å². The molecule has 1 fully saturated rings. The lowest BCUT2D eigenvalue weighted by atomic mass is 10.00. The second kappa shape index (κ2) is 5.33. The van der Waals surface area contributed by atoms with Crippen molar-refractivity contribution in [2.24, 2.45) is 11.0 Å². The molecule has 120 valence electrons. The molecule has 0 aromatic heterocycles. The smallest absolute Gasteiger partial charge is 0.525 e. The van der Waals surface area contributed by atoms with E-state index in [0.717, 1.165) is 4.90 Å². The first-order valence-electron chi connectivity index (χ1n) is 5.92. The zero-order valence-electron chi connectivity index (χ0n) is 10.5. The molecule has 0 aliphatic carbocycles. The zero-order valence-corrected chi connectivity index (χ0v) is 11.4. The number of nitrogens with zero attached hydrogens (tertiary/aromatic N) is 3. The Morgan fingerprint density at radius 1 is 1.38 bits per heavy atom. The van der Waals surface area contributed by atoms with E-state index in [1.807, 2.05) is 0 Å². The van der Waals surface area contributed by atoms with Gasteiger partial charge in [0, 0.05) is 31.1 Å². The molecule has 2 aliphatic heterocycles. The summed E-state index contributed by atoms with van der Waals surface area (Å²) in [5, 5.41) is 14.8. The van der Waals surface area contributed by atoms with Crippen LogP contribution in [0.5, 0.6) is 0 Å². The Hall–Kier alpha value is -1.56. The molecule has 8 nitrogen and oxygen atoms in total. The van der Waals surface area contributed by atoms with Crippen molar-refractivity contribution < 1.29 is 35.8 Å². The molecule has 1 atom stereocenters. The number of carbonyl (C=O) groups excluding carboxylic acids is 1. The minimum absolute atomic E-state index is 0.0948. The fraction of sp³-hybridized carbons (Fsp3) is 0.778. The first-order chi connectivity index (χ1) is 9.60. The highest BCUT2D eigenvalue weighted by atomic mass is 32.2. The number of carboxylic acid groups (broad SMARTS) is 1. The van der Waals surface area contributed by atoms with Gasteiger partial charge in [-0.25, -0.2) is 0 Å². The molecule has 0 aromatic carbocycles. The number of halogens is 3. The van der Waals surface area contributed by atoms with Crippen molar-refractivity contribution in [3.05, 3.63) is 0 Å². The van der Waals surface area contributed by atoms with Gasteiger partial charge in [0.2, 0.25) is 0 Å². The SMILES string of the molecule is O=C([O-])N1CCC2=NN(OS(=O)(=O)C(F)(F)F)CC2CC1. The number of hydrogen-bond acceptors (Lipinski definition) is 7. The molecule has 1 unspecified atom stereocenters. The second-order valence-electron chi connectivity index (χ2n) is 4.59. The lowest BCUT2D eigenvalue weighted by molar-refractivity contribution is -0.265. The van der Waals surface area contributed by atoms with Gasteiger partial charge in [-0.15, -0.1) is 4.28 Å². The summed E-state index contributed by atoms with van der Waals surface area (Å²) in [6.07, 6.45) is -0.841. The van der Waals surface area contributed by atoms with Crippen LogP contribution in [0.25, 0.3) is 0 Å². The van der Waals surface area contributed by atoms with Crippen LogP contribution in [0.2, 0.25) is 0 Å². The van der Waals surface area contributed by atoms with Gasteiger partial charge in [-0.2, -0.15) is 31.9 Å². The first kappa shape index (κ1) is 15.8. The number of amides is 1. The van der Waals surface area contributed by atoms with Gasteiger partial charge < -0.3 is 14.8 Å². The number of rotatable bonds is 2. The predicted octanol–water partition coefficient (Wildman–Crippen LogP) is -0.505. The maximum atomic E-state index is 12.2. The normalized spacial score (nSPS) is 23.6. The molecule has 12 heteroatoms. The van der Waals surface area contributed by atoms with Crippen LogP contribution < -0.4 is 5.11 Å². The lowest BCUT2D eigenvalue weighted by Crippen LogP contribution is -2.42. The summed E-state index contributed by atoms with van der Waals surface area (Å²) in [4.78, 5) is 11.8. The topological polar surface area (TPSA) is 102 Å². The zero-order chi connectivity index (χ0) is 15.8. The van der Waals surface area contributed by atoms with Gasteiger partial charge in [-0.1, -0.05) is 0 Å². The van der Waals surface area contributed by atoms with Crippen molar-refractivity contribution in [3.63, 3.8) is 0 Å². The fourth-order valence-corrected chi connectivity index (χ4v) is 2.54. The Morgan fingerprint density at radius 3 is 2.62 bits per heavy atom. The van der Waals surface area contributed by atoms with Gasteiger partial charge in [0.1, 0.15) is 6.09 Å². The lowest BCUT2D eigenvalue weighted by Gasteiger charge is -2.23. The second-order valence-corrected chi connectivity index (χ2v) is 6.11. The molecule has 2 heterocycles. The van der Waals surface area contributed by atoms with Crippen molar-refractivity contribution >= 4 is 21.9 Å². The molecular formula is C9H11F3N3O5S-. The van der Waals surface area contributed by atoms with E-state index in [2.05, 4.69) is 9.39 Å². The van der Waals surface area contributed by atoms with Crippen molar-refractivity contribution in [1.29, 1.82) is 0 Å². The maximum Gasteiger partial charge on any atom is 0.525 e. The third-order valence-corrected chi connectivity index (χ3v) is 4.13. The third kappa shape index (κ3) is 3.37. The largest absolute Gasteiger partial charge is 0.530 e. The van der Waals surface area contributed by atoms with E-state index in [0.29, 0.717) is 17.3 Å². The van der Waals surface area contributed by atoms with E-state index in [4.69, 9.17) is 0 Å². The highest BCUT2D eigenvalue weighted by molar-refractivity contribution is 7.87. The number of hydrogen-bond donors (Lipinski definition) is 0. The van der Waals surface area contributed by atoms with Crippen LogP contribution >= 0.6 is 0 Å². The minimum atomic E-state index is -5.75. The molecule has 1 amide bonds. The van der Waals surface area contributed by atoms with Crippen LogP contribution in [0.3, 0.4) is 0 Å². The van der Waals surface area contributed by atoms with E-state index >= 15 is 0 Å². The fourth-order valence-electron chi connectivity index (χ4n) is 2.13. The number of hydroxylamine groups is 1. The van der Waals surface area contributed by atoms with Crippen LogP contribution in [-0.2, 0) is 14.4 Å². The molecule has 1 saturated heterocycles. The van der Waals surface area contributed by atoms with Crippen molar-refractivity contribution in [2.45, 2.75) is 18.3 Å². The molecule has 0 spiro atoms. The van der Waals surface area contributed by atoms with Crippen LogP contribution in [0.1, 0.15) is 12.8 Å². The van der Waals surface area contributed by atoms with Gasteiger partial charge >= 0.3 is 15.6 Å². The van der Waals surface area contributed by atoms with Crippen molar-refractivity contribution in [1.82, 2.24) is 10.1 Å². The quantitative estimate of drug-likeness (QED) is 0.632. The molecular weight excluding hydrogens is 319 g/mol. The first-order valence-corrected chi connectivity index (χ1v) is 7.32. The summed E-state index contributed by atoms with van der Waals surface area (Å²) in [5.74, 6) is -0.349. The summed E-state index contributed by atoms with van der Waals surface area (Å²) in [6.45, 7) is 0.0644. The Balaban J connectivity index is 2.04. The molecule has 21 heavy (non-hydrogen) atoms. The van der Waals surface area contributed by atoms with E-state index in [-0.39, 0.29) is 32.0 Å². The van der Waals surface area contributed by atoms with E-state index in [9.17, 15) is 31.5 Å². The average molecular weight is 330 g/mol. The van der Waals surface area contributed by atoms with Gasteiger partial charge in [-0.05, 0) is 6.42 Å². The Labute approximate surface area is 117 Å². The molecule has 0 radical (unpaired) electrons. The molecule has 0 aromatic rings. The summed E-state index contributed by atoms with van der Waals surface area (Å²) >= 11 is 0. The Bertz CT molecular complexity index is 561. The highest BCUT2D eigenvalue weighted by Gasteiger charge is 2.50. The molecule has 0 saturated carbocycles. The van der Waals surface area contributed by atoms with E-state index in [1.165, 1.54) is 0 Å². The van der Waals surface area contributed by atoms with Gasteiger partial charge in [0.25, 0.3) is 0 Å². The van der Waals surface area contributed by atoms with Crippen LogP contribution in [0.15, 0.2) is 5.10 Å². The molecule has 2 aliphatic rings. The maximum absolute atomic E-state index is 12.2. The number of likely N-dealkylation sites (tertiary alicyclic amines) is 1. The molecule has 0 bridgehead atoms. The number of hydrazone groups is 1. The van der Waals surface area contributed by atoms with Gasteiger partial charge in [0.05, 0.1) is 6.54 Å². The predicted molar refractivity (Wildman–Crippen MR) is 59.9 cm³/mol. The minimum Gasteiger partial charge on any atom is -0.530 e. The van der Waals surface area contributed by atoms with E-state index < -0.39 is 21.7 Å². The number of carbonyl (C=O) groups is 1. The monoisotopic (exact) mass is 330 g/mol. The molecule has 0 N–H and O–H groups in total. The van der Waals surface area contributed by atoms with Crippen LogP contribution in [0, 0.1) is 5.92 Å². The summed E-state index contributed by atoms with van der Waals surface area (Å²) in [5.41, 5.74) is -5.11. The highest BCUT2D eigenvalue weighted by Crippen LogP contribution is 2.29.